The second-order valence-corrected chi connectivity index (χ2v) is 4.21. The van der Waals surface area contributed by atoms with E-state index in [1.165, 1.54) is 23.4 Å². The number of hydrogen-bond acceptors (Lipinski definition) is 4. The Morgan fingerprint density at radius 3 is 3.00 bits per heavy atom. The van der Waals surface area contributed by atoms with Crippen LogP contribution in [0.4, 0.5) is 0 Å². The van der Waals surface area contributed by atoms with Crippen molar-refractivity contribution >= 4 is 23.5 Å². The van der Waals surface area contributed by atoms with E-state index in [-0.39, 0.29) is 24.1 Å². The van der Waals surface area contributed by atoms with Crippen LogP contribution < -0.4 is 0 Å². The molecule has 1 aliphatic rings. The summed E-state index contributed by atoms with van der Waals surface area (Å²) in [5.74, 6) is -1.38. The molecule has 1 amide bonds. The maximum absolute atomic E-state index is 12.2. The largest absolute Gasteiger partial charge is 0.479 e. The zero-order chi connectivity index (χ0) is 13.1. The molecule has 0 unspecified atom stereocenters. The highest BCUT2D eigenvalue weighted by atomic mass is 35.5. The van der Waals surface area contributed by atoms with Gasteiger partial charge in [-0.1, -0.05) is 11.6 Å². The zero-order valence-electron chi connectivity index (χ0n) is 9.38. The molecule has 0 bridgehead atoms. The molecule has 1 saturated heterocycles. The molecule has 0 saturated carbocycles. The number of rotatable bonds is 2. The number of nitrogens with zero attached hydrogens (tertiary/aromatic N) is 2. The maximum atomic E-state index is 12.2. The molecule has 1 atom stereocenters. The van der Waals surface area contributed by atoms with Gasteiger partial charge in [0.2, 0.25) is 0 Å². The van der Waals surface area contributed by atoms with Gasteiger partial charge in [0.15, 0.2) is 6.10 Å². The van der Waals surface area contributed by atoms with Crippen LogP contribution in [0.3, 0.4) is 0 Å². The Morgan fingerprint density at radius 2 is 2.33 bits per heavy atom. The van der Waals surface area contributed by atoms with Gasteiger partial charge < -0.3 is 14.7 Å². The van der Waals surface area contributed by atoms with Crippen molar-refractivity contribution < 1.29 is 19.4 Å². The third-order valence-corrected chi connectivity index (χ3v) is 2.93. The van der Waals surface area contributed by atoms with Crippen molar-refractivity contribution in [1.29, 1.82) is 0 Å². The van der Waals surface area contributed by atoms with Crippen LogP contribution in [0.15, 0.2) is 18.5 Å². The SMILES string of the molecule is O=C(O)[C@@H]1CN(C(=O)c2ccncc2Cl)CCO1. The van der Waals surface area contributed by atoms with E-state index in [2.05, 4.69) is 4.98 Å². The lowest BCUT2D eigenvalue weighted by Gasteiger charge is -2.31. The number of hydrogen-bond donors (Lipinski definition) is 1. The molecule has 0 spiro atoms. The van der Waals surface area contributed by atoms with Crippen molar-refractivity contribution in [1.82, 2.24) is 9.88 Å². The lowest BCUT2D eigenvalue weighted by atomic mass is 10.2. The predicted molar refractivity (Wildman–Crippen MR) is 62.5 cm³/mol. The highest BCUT2D eigenvalue weighted by Gasteiger charge is 2.30. The molecule has 96 valence electrons. The summed E-state index contributed by atoms with van der Waals surface area (Å²) >= 11 is 5.88. The van der Waals surface area contributed by atoms with E-state index in [0.29, 0.717) is 12.1 Å². The fourth-order valence-electron chi connectivity index (χ4n) is 1.70. The molecule has 7 heteroatoms. The number of amides is 1. The van der Waals surface area contributed by atoms with Gasteiger partial charge in [0, 0.05) is 18.9 Å². The van der Waals surface area contributed by atoms with E-state index in [4.69, 9.17) is 21.4 Å². The van der Waals surface area contributed by atoms with Crippen LogP contribution in [0.2, 0.25) is 5.02 Å². The third kappa shape index (κ3) is 2.60. The first-order chi connectivity index (χ1) is 8.59. The lowest BCUT2D eigenvalue weighted by Crippen LogP contribution is -2.48. The van der Waals surface area contributed by atoms with E-state index in [0.717, 1.165) is 0 Å². The van der Waals surface area contributed by atoms with Gasteiger partial charge in [0.25, 0.3) is 5.91 Å². The Balaban J connectivity index is 2.14. The Labute approximate surface area is 108 Å². The van der Waals surface area contributed by atoms with Crippen molar-refractivity contribution in [2.24, 2.45) is 0 Å². The van der Waals surface area contributed by atoms with E-state index in [9.17, 15) is 9.59 Å². The van der Waals surface area contributed by atoms with Crippen LogP contribution in [0, 0.1) is 0 Å². The minimum absolute atomic E-state index is 0.0207. The topological polar surface area (TPSA) is 79.7 Å². The number of halogens is 1. The average Bonchev–Trinajstić information content (AvgIpc) is 2.38. The van der Waals surface area contributed by atoms with Gasteiger partial charge in [-0.25, -0.2) is 4.79 Å². The highest BCUT2D eigenvalue weighted by Crippen LogP contribution is 2.17. The number of carbonyl (C=O) groups is 2. The van der Waals surface area contributed by atoms with Gasteiger partial charge in [0.1, 0.15) is 0 Å². The third-order valence-electron chi connectivity index (χ3n) is 2.63. The molecule has 0 radical (unpaired) electrons. The molecule has 1 N–H and O–H groups in total. The molecule has 1 fully saturated rings. The molecule has 18 heavy (non-hydrogen) atoms. The highest BCUT2D eigenvalue weighted by molar-refractivity contribution is 6.33. The number of ether oxygens (including phenoxy) is 1. The number of carboxylic acids is 1. The van der Waals surface area contributed by atoms with E-state index < -0.39 is 12.1 Å². The van der Waals surface area contributed by atoms with Crippen LogP contribution in [0.1, 0.15) is 10.4 Å². The van der Waals surface area contributed by atoms with Gasteiger partial charge in [-0.05, 0) is 6.07 Å². The summed E-state index contributed by atoms with van der Waals surface area (Å²) in [6.45, 7) is 0.569. The summed E-state index contributed by atoms with van der Waals surface area (Å²) < 4.78 is 5.05. The fraction of sp³-hybridized carbons (Fsp3) is 0.364. The summed E-state index contributed by atoms with van der Waals surface area (Å²) in [5, 5.41) is 9.11. The quantitative estimate of drug-likeness (QED) is 0.854. The first-order valence-corrected chi connectivity index (χ1v) is 5.70. The minimum Gasteiger partial charge on any atom is -0.479 e. The summed E-state index contributed by atoms with van der Waals surface area (Å²) in [7, 11) is 0. The number of aromatic nitrogens is 1. The van der Waals surface area contributed by atoms with E-state index >= 15 is 0 Å². The molecule has 0 aliphatic carbocycles. The molecule has 6 nitrogen and oxygen atoms in total. The van der Waals surface area contributed by atoms with E-state index in [1.807, 2.05) is 0 Å². The van der Waals surface area contributed by atoms with Crippen molar-refractivity contribution in [3.05, 3.63) is 29.0 Å². The standard InChI is InChI=1S/C11H11ClN2O4/c12-8-5-13-2-1-7(8)10(15)14-3-4-18-9(6-14)11(16)17/h1-2,5,9H,3-4,6H2,(H,16,17)/t9-/m0/s1. The minimum atomic E-state index is -1.08. The number of carbonyl (C=O) groups excluding carboxylic acids is 1. The first-order valence-electron chi connectivity index (χ1n) is 5.33. The molecule has 1 aliphatic heterocycles. The lowest BCUT2D eigenvalue weighted by molar-refractivity contribution is -0.154. The summed E-state index contributed by atoms with van der Waals surface area (Å²) in [4.78, 5) is 28.2. The summed E-state index contributed by atoms with van der Waals surface area (Å²) in [6.07, 6.45) is 1.86. The van der Waals surface area contributed by atoms with Gasteiger partial charge >= 0.3 is 5.97 Å². The number of morpholine rings is 1. The molecule has 1 aromatic rings. The molecule has 1 aromatic heterocycles. The van der Waals surface area contributed by atoms with Crippen molar-refractivity contribution in [2.45, 2.75) is 6.10 Å². The number of carboxylic acid groups (broad SMARTS) is 1. The second kappa shape index (κ2) is 5.32. The Kier molecular flexibility index (Phi) is 3.78. The second-order valence-electron chi connectivity index (χ2n) is 3.80. The van der Waals surface area contributed by atoms with Gasteiger partial charge in [-0.2, -0.15) is 0 Å². The molecular weight excluding hydrogens is 260 g/mol. The molecule has 0 aromatic carbocycles. The normalized spacial score (nSPS) is 19.6. The van der Waals surface area contributed by atoms with Gasteiger partial charge in [0.05, 0.1) is 23.7 Å². The van der Waals surface area contributed by atoms with Crippen molar-refractivity contribution in [2.75, 3.05) is 19.7 Å². The van der Waals surface area contributed by atoms with E-state index in [1.54, 1.807) is 0 Å². The molecule has 2 rings (SSSR count). The zero-order valence-corrected chi connectivity index (χ0v) is 10.1. The van der Waals surface area contributed by atoms with Crippen LogP contribution in [0.25, 0.3) is 0 Å². The van der Waals surface area contributed by atoms with Crippen LogP contribution in [0.5, 0.6) is 0 Å². The summed E-state index contributed by atoms with van der Waals surface area (Å²) in [5.41, 5.74) is 0.317. The average molecular weight is 271 g/mol. The van der Waals surface area contributed by atoms with Crippen molar-refractivity contribution in [3.63, 3.8) is 0 Å². The predicted octanol–water partition coefficient (Wildman–Crippen LogP) is 0.661. The first kappa shape index (κ1) is 12.8. The smallest absolute Gasteiger partial charge is 0.334 e. The number of pyridine rings is 1. The van der Waals surface area contributed by atoms with Gasteiger partial charge in [-0.3, -0.25) is 9.78 Å². The molecular formula is C11H11ClN2O4. The Morgan fingerprint density at radius 1 is 1.56 bits per heavy atom. The maximum Gasteiger partial charge on any atom is 0.334 e. The van der Waals surface area contributed by atoms with Crippen molar-refractivity contribution in [3.8, 4) is 0 Å². The monoisotopic (exact) mass is 270 g/mol. The van der Waals surface area contributed by atoms with Crippen LogP contribution >= 0.6 is 11.6 Å². The summed E-state index contributed by atoms with van der Waals surface area (Å²) in [6, 6.07) is 1.51. The number of aliphatic carboxylic acids is 1. The van der Waals surface area contributed by atoms with Crippen LogP contribution in [-0.4, -0.2) is 52.7 Å². The molecule has 2 heterocycles. The Bertz CT molecular complexity index is 480. The van der Waals surface area contributed by atoms with Crippen LogP contribution in [-0.2, 0) is 9.53 Å². The fourth-order valence-corrected chi connectivity index (χ4v) is 1.90. The van der Waals surface area contributed by atoms with Gasteiger partial charge in [-0.15, -0.1) is 0 Å². The Hall–Kier alpha value is -1.66.